The number of carbonyl (C=O) groups is 2. The summed E-state index contributed by atoms with van der Waals surface area (Å²) in [6.45, 7) is 0.281. The van der Waals surface area contributed by atoms with E-state index in [0.29, 0.717) is 24.1 Å². The lowest BCUT2D eigenvalue weighted by molar-refractivity contribution is -0.126. The van der Waals surface area contributed by atoms with Crippen molar-refractivity contribution in [1.82, 2.24) is 10.2 Å². The van der Waals surface area contributed by atoms with Crippen LogP contribution >= 0.6 is 0 Å². The van der Waals surface area contributed by atoms with Crippen LogP contribution in [0.4, 0.5) is 19.3 Å². The molecule has 2 N–H and O–H groups in total. The van der Waals surface area contributed by atoms with Gasteiger partial charge in [-0.1, -0.05) is 48.5 Å². The summed E-state index contributed by atoms with van der Waals surface area (Å²) in [7, 11) is 0. The molecular formula is C26H25F2N3O2. The zero-order valence-electron chi connectivity index (χ0n) is 18.0. The number of anilines is 1. The van der Waals surface area contributed by atoms with Gasteiger partial charge in [0.2, 0.25) is 5.91 Å². The highest BCUT2D eigenvalue weighted by Crippen LogP contribution is 2.34. The topological polar surface area (TPSA) is 61.4 Å². The number of urea groups is 1. The smallest absolute Gasteiger partial charge is 0.322 e. The van der Waals surface area contributed by atoms with Crippen LogP contribution in [-0.2, 0) is 11.3 Å². The predicted molar refractivity (Wildman–Crippen MR) is 122 cm³/mol. The summed E-state index contributed by atoms with van der Waals surface area (Å²) < 4.78 is 27.3. The highest BCUT2D eigenvalue weighted by atomic mass is 19.1. The zero-order chi connectivity index (χ0) is 23.2. The fraction of sp³-hybridized carbons (Fsp3) is 0.231. The molecule has 0 saturated carbocycles. The van der Waals surface area contributed by atoms with Gasteiger partial charge >= 0.3 is 6.03 Å². The second-order valence-corrected chi connectivity index (χ2v) is 8.10. The average molecular weight is 450 g/mol. The van der Waals surface area contributed by atoms with E-state index in [2.05, 4.69) is 10.6 Å². The number of amides is 3. The summed E-state index contributed by atoms with van der Waals surface area (Å²) in [4.78, 5) is 27.6. The number of halogens is 2. The van der Waals surface area contributed by atoms with Gasteiger partial charge in [-0.2, -0.15) is 0 Å². The first-order chi connectivity index (χ1) is 16.0. The van der Waals surface area contributed by atoms with E-state index in [-0.39, 0.29) is 42.7 Å². The number of nitrogens with one attached hydrogen (secondary N) is 2. The van der Waals surface area contributed by atoms with Crippen molar-refractivity contribution in [2.75, 3.05) is 11.9 Å². The van der Waals surface area contributed by atoms with E-state index >= 15 is 0 Å². The number of carbonyl (C=O) groups excluding carboxylic acids is 2. The van der Waals surface area contributed by atoms with Crippen LogP contribution in [0.5, 0.6) is 0 Å². The van der Waals surface area contributed by atoms with E-state index in [9.17, 15) is 18.4 Å². The van der Waals surface area contributed by atoms with Crippen molar-refractivity contribution in [2.45, 2.75) is 25.4 Å². The number of nitrogens with zero attached hydrogens (tertiary/aromatic N) is 1. The standard InChI is InChI=1S/C26H25F2N3O2/c27-21-13-10-18(11-14-21)24-15-12-20(25(32)29-16-19-6-4-5-9-23(19)28)17-31(24)26(33)30-22-7-2-1-3-8-22/h1-11,13-14,20,24H,12,15-17H2,(H,29,32)(H,30,33). The maximum absolute atomic E-state index is 13.9. The van der Waals surface area contributed by atoms with Crippen LogP contribution in [0.2, 0.25) is 0 Å². The van der Waals surface area contributed by atoms with Gasteiger partial charge in [-0.15, -0.1) is 0 Å². The van der Waals surface area contributed by atoms with Crippen LogP contribution in [0.25, 0.3) is 0 Å². The summed E-state index contributed by atoms with van der Waals surface area (Å²) >= 11 is 0. The van der Waals surface area contributed by atoms with Crippen molar-refractivity contribution in [3.8, 4) is 0 Å². The number of benzene rings is 3. The molecule has 5 nitrogen and oxygen atoms in total. The van der Waals surface area contributed by atoms with Gasteiger partial charge in [-0.05, 0) is 48.7 Å². The van der Waals surface area contributed by atoms with E-state index in [1.54, 1.807) is 47.4 Å². The van der Waals surface area contributed by atoms with Crippen molar-refractivity contribution >= 4 is 17.6 Å². The minimum atomic E-state index is -0.435. The molecule has 0 aromatic heterocycles. The Kier molecular flexibility index (Phi) is 6.98. The molecule has 1 fully saturated rings. The molecule has 3 amide bonds. The first-order valence-corrected chi connectivity index (χ1v) is 10.9. The second-order valence-electron chi connectivity index (χ2n) is 8.10. The summed E-state index contributed by atoms with van der Waals surface area (Å²) in [5.74, 6) is -1.38. The molecule has 0 radical (unpaired) electrons. The van der Waals surface area contributed by atoms with Crippen LogP contribution in [-0.4, -0.2) is 23.4 Å². The molecule has 1 aliphatic rings. The first-order valence-electron chi connectivity index (χ1n) is 10.9. The molecule has 170 valence electrons. The normalized spacial score (nSPS) is 17.9. The van der Waals surface area contributed by atoms with Gasteiger partial charge in [0.05, 0.1) is 12.0 Å². The molecular weight excluding hydrogens is 424 g/mol. The third-order valence-corrected chi connectivity index (χ3v) is 5.90. The highest BCUT2D eigenvalue weighted by molar-refractivity contribution is 5.90. The molecule has 7 heteroatoms. The van der Waals surface area contributed by atoms with E-state index in [1.165, 1.54) is 18.2 Å². The third-order valence-electron chi connectivity index (χ3n) is 5.90. The molecule has 0 spiro atoms. The molecule has 4 rings (SSSR count). The molecule has 33 heavy (non-hydrogen) atoms. The van der Waals surface area contributed by atoms with E-state index in [0.717, 1.165) is 5.56 Å². The Morgan fingerprint density at radius 1 is 0.879 bits per heavy atom. The molecule has 3 aromatic carbocycles. The average Bonchev–Trinajstić information content (AvgIpc) is 2.84. The predicted octanol–water partition coefficient (Wildman–Crippen LogP) is 5.27. The van der Waals surface area contributed by atoms with E-state index < -0.39 is 5.92 Å². The van der Waals surface area contributed by atoms with Gasteiger partial charge in [0.15, 0.2) is 0 Å². The van der Waals surface area contributed by atoms with Crippen molar-refractivity contribution < 1.29 is 18.4 Å². The fourth-order valence-electron chi connectivity index (χ4n) is 4.13. The van der Waals surface area contributed by atoms with Crippen LogP contribution in [0.1, 0.15) is 30.0 Å². The maximum Gasteiger partial charge on any atom is 0.322 e. The van der Waals surface area contributed by atoms with Gasteiger partial charge in [-0.3, -0.25) is 4.79 Å². The molecule has 1 heterocycles. The number of likely N-dealkylation sites (tertiary alicyclic amines) is 1. The van der Waals surface area contributed by atoms with Crippen LogP contribution < -0.4 is 10.6 Å². The molecule has 2 atom stereocenters. The van der Waals surface area contributed by atoms with Crippen LogP contribution in [0.3, 0.4) is 0 Å². The van der Waals surface area contributed by atoms with E-state index in [4.69, 9.17) is 0 Å². The maximum atomic E-state index is 13.9. The molecule has 2 unspecified atom stereocenters. The van der Waals surface area contributed by atoms with E-state index in [1.807, 2.05) is 18.2 Å². The Bertz CT molecular complexity index is 1110. The molecule has 0 bridgehead atoms. The SMILES string of the molecule is O=C(NCc1ccccc1F)C1CCC(c2ccc(F)cc2)N(C(=O)Nc2ccccc2)C1. The number of para-hydroxylation sites is 1. The fourth-order valence-corrected chi connectivity index (χ4v) is 4.13. The monoisotopic (exact) mass is 449 g/mol. The summed E-state index contributed by atoms with van der Waals surface area (Å²) in [5, 5.41) is 5.67. The van der Waals surface area contributed by atoms with Crippen LogP contribution in [0, 0.1) is 17.6 Å². The Balaban J connectivity index is 1.49. The summed E-state index contributed by atoms with van der Waals surface area (Å²) in [6.07, 6.45) is 1.10. The summed E-state index contributed by atoms with van der Waals surface area (Å²) in [6, 6.07) is 20.8. The largest absolute Gasteiger partial charge is 0.352 e. The quantitative estimate of drug-likeness (QED) is 0.558. The minimum Gasteiger partial charge on any atom is -0.352 e. The van der Waals surface area contributed by atoms with Gasteiger partial charge in [0.1, 0.15) is 11.6 Å². The first kappa shape index (κ1) is 22.5. The molecule has 1 aliphatic heterocycles. The summed E-state index contributed by atoms with van der Waals surface area (Å²) in [5.41, 5.74) is 1.86. The van der Waals surface area contributed by atoms with Gasteiger partial charge in [0, 0.05) is 24.3 Å². The van der Waals surface area contributed by atoms with Gasteiger partial charge in [-0.25, -0.2) is 13.6 Å². The lowest BCUT2D eigenvalue weighted by Gasteiger charge is -2.39. The highest BCUT2D eigenvalue weighted by Gasteiger charge is 2.35. The van der Waals surface area contributed by atoms with Crippen molar-refractivity contribution in [2.24, 2.45) is 5.92 Å². The van der Waals surface area contributed by atoms with Crippen molar-refractivity contribution in [3.63, 3.8) is 0 Å². The molecule has 3 aromatic rings. The Morgan fingerprint density at radius 3 is 2.30 bits per heavy atom. The number of rotatable bonds is 5. The Hall–Kier alpha value is -3.74. The third kappa shape index (κ3) is 5.55. The van der Waals surface area contributed by atoms with Crippen molar-refractivity contribution in [1.29, 1.82) is 0 Å². The minimum absolute atomic E-state index is 0.0829. The van der Waals surface area contributed by atoms with Gasteiger partial charge < -0.3 is 15.5 Å². The Morgan fingerprint density at radius 2 is 1.58 bits per heavy atom. The van der Waals surface area contributed by atoms with Gasteiger partial charge in [0.25, 0.3) is 0 Å². The molecule has 0 aliphatic carbocycles. The van der Waals surface area contributed by atoms with Crippen molar-refractivity contribution in [3.05, 3.63) is 102 Å². The lowest BCUT2D eigenvalue weighted by atomic mass is 9.88. The van der Waals surface area contributed by atoms with Crippen LogP contribution in [0.15, 0.2) is 78.9 Å². The lowest BCUT2D eigenvalue weighted by Crippen LogP contribution is -2.48. The second kappa shape index (κ2) is 10.3. The molecule has 1 saturated heterocycles. The zero-order valence-corrected chi connectivity index (χ0v) is 18.0. The Labute approximate surface area is 191 Å². The number of hydrogen-bond donors (Lipinski definition) is 2. The number of hydrogen-bond acceptors (Lipinski definition) is 2. The number of piperidine rings is 1.